The van der Waals surface area contributed by atoms with E-state index < -0.39 is 0 Å². The predicted molar refractivity (Wildman–Crippen MR) is 61.5 cm³/mol. The molecule has 82 valence electrons. The largest absolute Gasteiger partial charge is 0.381 e. The minimum absolute atomic E-state index is 0.307. The van der Waals surface area contributed by atoms with Gasteiger partial charge >= 0.3 is 0 Å². The van der Waals surface area contributed by atoms with Crippen LogP contribution >= 0.6 is 15.9 Å². The van der Waals surface area contributed by atoms with Crippen LogP contribution in [0.1, 0.15) is 31.4 Å². The molecule has 4 nitrogen and oxygen atoms in total. The minimum Gasteiger partial charge on any atom is -0.381 e. The topological polar surface area (TPSA) is 61.0 Å². The number of anilines is 1. The van der Waals surface area contributed by atoms with Gasteiger partial charge < -0.3 is 10.5 Å². The van der Waals surface area contributed by atoms with E-state index in [-0.39, 0.29) is 0 Å². The fraction of sp³-hybridized carbons (Fsp3) is 0.600. The van der Waals surface area contributed by atoms with Gasteiger partial charge in [0.2, 0.25) is 0 Å². The first-order chi connectivity index (χ1) is 7.16. The summed E-state index contributed by atoms with van der Waals surface area (Å²) in [6.45, 7) is 2.89. The van der Waals surface area contributed by atoms with Gasteiger partial charge in [0.25, 0.3) is 0 Å². The summed E-state index contributed by atoms with van der Waals surface area (Å²) in [6.07, 6.45) is 4.09. The van der Waals surface area contributed by atoms with E-state index in [9.17, 15) is 0 Å². The molecule has 2 atom stereocenters. The molecule has 0 spiro atoms. The molecule has 5 heteroatoms. The fourth-order valence-corrected chi connectivity index (χ4v) is 2.16. The number of nitrogens with two attached hydrogens (primary N) is 1. The van der Waals surface area contributed by atoms with Gasteiger partial charge in [-0.25, -0.2) is 9.97 Å². The third-order valence-corrected chi connectivity index (χ3v) is 3.26. The Bertz CT molecular complexity index is 359. The molecular weight excluding hydrogens is 258 g/mol. The highest BCUT2D eigenvalue weighted by atomic mass is 79.9. The SMILES string of the molecule is C[C@H]1C[C@@H](c2cnc(N)c(Br)n2)CCO1. The van der Waals surface area contributed by atoms with Crippen LogP contribution in [0.4, 0.5) is 5.82 Å². The molecule has 0 amide bonds. The first-order valence-corrected chi connectivity index (χ1v) is 5.85. The Labute approximate surface area is 97.4 Å². The number of hydrogen-bond donors (Lipinski definition) is 1. The number of nitrogen functional groups attached to an aromatic ring is 1. The molecule has 0 bridgehead atoms. The second-order valence-electron chi connectivity index (χ2n) is 3.87. The van der Waals surface area contributed by atoms with Gasteiger partial charge in [-0.15, -0.1) is 0 Å². The molecule has 2 rings (SSSR count). The van der Waals surface area contributed by atoms with Crippen LogP contribution in [0.5, 0.6) is 0 Å². The van der Waals surface area contributed by atoms with Crippen molar-refractivity contribution in [3.05, 3.63) is 16.5 Å². The number of ether oxygens (including phenoxy) is 1. The number of nitrogens with zero attached hydrogens (tertiary/aromatic N) is 2. The number of aromatic nitrogens is 2. The molecule has 15 heavy (non-hydrogen) atoms. The maximum atomic E-state index is 5.60. The molecule has 0 saturated carbocycles. The van der Waals surface area contributed by atoms with Crippen molar-refractivity contribution in [2.75, 3.05) is 12.3 Å². The molecule has 2 heterocycles. The van der Waals surface area contributed by atoms with Gasteiger partial charge in [-0.05, 0) is 35.7 Å². The molecule has 0 unspecified atom stereocenters. The predicted octanol–water partition coefficient (Wildman–Crippen LogP) is 2.10. The van der Waals surface area contributed by atoms with E-state index >= 15 is 0 Å². The van der Waals surface area contributed by atoms with Crippen molar-refractivity contribution in [2.45, 2.75) is 31.8 Å². The zero-order chi connectivity index (χ0) is 10.8. The summed E-state index contributed by atoms with van der Waals surface area (Å²) >= 11 is 3.30. The summed E-state index contributed by atoms with van der Waals surface area (Å²) in [5, 5.41) is 0. The lowest BCUT2D eigenvalue weighted by atomic mass is 9.93. The van der Waals surface area contributed by atoms with Gasteiger partial charge in [-0.2, -0.15) is 0 Å². The Hall–Kier alpha value is -0.680. The Balaban J connectivity index is 2.18. The van der Waals surface area contributed by atoms with Gasteiger partial charge in [-0.3, -0.25) is 0 Å². The monoisotopic (exact) mass is 271 g/mol. The molecule has 1 aliphatic rings. The Morgan fingerprint density at radius 3 is 3.07 bits per heavy atom. The average molecular weight is 272 g/mol. The van der Waals surface area contributed by atoms with Crippen molar-refractivity contribution in [2.24, 2.45) is 0 Å². The molecule has 1 aromatic rings. The first-order valence-electron chi connectivity index (χ1n) is 5.06. The highest BCUT2D eigenvalue weighted by molar-refractivity contribution is 9.10. The zero-order valence-corrected chi connectivity index (χ0v) is 10.2. The summed E-state index contributed by atoms with van der Waals surface area (Å²) in [5.74, 6) is 0.886. The van der Waals surface area contributed by atoms with Crippen LogP contribution in [0.25, 0.3) is 0 Å². The molecule has 1 aromatic heterocycles. The van der Waals surface area contributed by atoms with Crippen LogP contribution in [0.3, 0.4) is 0 Å². The Morgan fingerprint density at radius 2 is 2.40 bits per heavy atom. The second kappa shape index (κ2) is 4.45. The van der Waals surface area contributed by atoms with Crippen molar-refractivity contribution < 1.29 is 4.74 Å². The van der Waals surface area contributed by atoms with Gasteiger partial charge in [-0.1, -0.05) is 0 Å². The Morgan fingerprint density at radius 1 is 1.60 bits per heavy atom. The number of hydrogen-bond acceptors (Lipinski definition) is 4. The van der Waals surface area contributed by atoms with Gasteiger partial charge in [0.15, 0.2) is 5.82 Å². The number of halogens is 1. The number of rotatable bonds is 1. The molecule has 0 radical (unpaired) electrons. The van der Waals surface area contributed by atoms with Gasteiger partial charge in [0, 0.05) is 12.5 Å². The fourth-order valence-electron chi connectivity index (χ4n) is 1.85. The average Bonchev–Trinajstić information content (AvgIpc) is 2.22. The van der Waals surface area contributed by atoms with Crippen molar-refractivity contribution in [3.8, 4) is 0 Å². The van der Waals surface area contributed by atoms with Crippen molar-refractivity contribution in [1.82, 2.24) is 9.97 Å². The van der Waals surface area contributed by atoms with Crippen molar-refractivity contribution in [1.29, 1.82) is 0 Å². The van der Waals surface area contributed by atoms with E-state index in [1.807, 2.05) is 0 Å². The third-order valence-electron chi connectivity index (χ3n) is 2.68. The van der Waals surface area contributed by atoms with E-state index in [4.69, 9.17) is 10.5 Å². The molecule has 1 fully saturated rings. The lowest BCUT2D eigenvalue weighted by Crippen LogP contribution is -2.22. The minimum atomic E-state index is 0.307. The van der Waals surface area contributed by atoms with Gasteiger partial charge in [0.1, 0.15) is 4.60 Å². The van der Waals surface area contributed by atoms with E-state index in [1.165, 1.54) is 0 Å². The lowest BCUT2D eigenvalue weighted by Gasteiger charge is -2.26. The van der Waals surface area contributed by atoms with Crippen LogP contribution < -0.4 is 5.73 Å². The third kappa shape index (κ3) is 2.46. The molecule has 0 aromatic carbocycles. The van der Waals surface area contributed by atoms with E-state index in [0.717, 1.165) is 25.1 Å². The zero-order valence-electron chi connectivity index (χ0n) is 8.61. The summed E-state index contributed by atoms with van der Waals surface area (Å²) in [7, 11) is 0. The molecule has 2 N–H and O–H groups in total. The lowest BCUT2D eigenvalue weighted by molar-refractivity contribution is 0.0179. The van der Waals surface area contributed by atoms with Crippen LogP contribution in [0.2, 0.25) is 0 Å². The normalized spacial score (nSPS) is 26.5. The van der Waals surface area contributed by atoms with E-state index in [2.05, 4.69) is 32.8 Å². The smallest absolute Gasteiger partial charge is 0.156 e. The quantitative estimate of drug-likeness (QED) is 0.850. The van der Waals surface area contributed by atoms with Crippen molar-refractivity contribution >= 4 is 21.7 Å². The van der Waals surface area contributed by atoms with E-state index in [1.54, 1.807) is 6.20 Å². The van der Waals surface area contributed by atoms with E-state index in [0.29, 0.717) is 22.4 Å². The highest BCUT2D eigenvalue weighted by Crippen LogP contribution is 2.29. The maximum absolute atomic E-state index is 5.60. The second-order valence-corrected chi connectivity index (χ2v) is 4.62. The summed E-state index contributed by atoms with van der Waals surface area (Å²) < 4.78 is 6.14. The molecular formula is C10H14BrN3O. The molecule has 1 saturated heterocycles. The maximum Gasteiger partial charge on any atom is 0.156 e. The van der Waals surface area contributed by atoms with Crippen molar-refractivity contribution in [3.63, 3.8) is 0 Å². The summed E-state index contributed by atoms with van der Waals surface area (Å²) in [4.78, 5) is 8.51. The van der Waals surface area contributed by atoms with Crippen LogP contribution in [0.15, 0.2) is 10.8 Å². The standard InChI is InChI=1S/C10H14BrN3O/c1-6-4-7(2-3-15-6)8-5-13-10(12)9(11)14-8/h5-7H,2-4H2,1H3,(H2,12,13)/t6-,7-/m0/s1. The summed E-state index contributed by atoms with van der Waals surface area (Å²) in [6, 6.07) is 0. The van der Waals surface area contributed by atoms with Crippen LogP contribution in [-0.2, 0) is 4.74 Å². The molecule has 0 aliphatic carbocycles. The first kappa shape index (κ1) is 10.8. The Kier molecular flexibility index (Phi) is 3.21. The van der Waals surface area contributed by atoms with Gasteiger partial charge in [0.05, 0.1) is 18.0 Å². The van der Waals surface area contributed by atoms with Crippen LogP contribution in [-0.4, -0.2) is 22.7 Å². The highest BCUT2D eigenvalue weighted by Gasteiger charge is 2.22. The van der Waals surface area contributed by atoms with Crippen LogP contribution in [0, 0.1) is 0 Å². The summed E-state index contributed by atoms with van der Waals surface area (Å²) in [5.41, 5.74) is 6.61. The molecule has 1 aliphatic heterocycles.